The fourth-order valence-corrected chi connectivity index (χ4v) is 3.19. The van der Waals surface area contributed by atoms with Crippen molar-refractivity contribution in [1.29, 1.82) is 0 Å². The van der Waals surface area contributed by atoms with Gasteiger partial charge in [0.1, 0.15) is 0 Å². The van der Waals surface area contributed by atoms with Crippen molar-refractivity contribution in [3.63, 3.8) is 0 Å². The minimum Gasteiger partial charge on any atom is -0.446 e. The first kappa shape index (κ1) is 14.6. The molecule has 5 heterocycles. The summed E-state index contributed by atoms with van der Waals surface area (Å²) >= 11 is 0. The number of fused-ring (bicyclic) bond motifs is 4. The highest BCUT2D eigenvalue weighted by Gasteiger charge is 2.36. The van der Waals surface area contributed by atoms with Crippen molar-refractivity contribution >= 4 is 5.95 Å². The van der Waals surface area contributed by atoms with E-state index in [1.165, 1.54) is 6.07 Å². The first-order valence-corrected chi connectivity index (χ1v) is 7.51. The quantitative estimate of drug-likeness (QED) is 0.845. The molecule has 3 saturated heterocycles. The Morgan fingerprint density at radius 2 is 1.87 bits per heavy atom. The van der Waals surface area contributed by atoms with Crippen LogP contribution in [-0.4, -0.2) is 47.3 Å². The van der Waals surface area contributed by atoms with Gasteiger partial charge in [-0.2, -0.15) is 18.2 Å². The van der Waals surface area contributed by atoms with Crippen LogP contribution in [0.5, 0.6) is 0 Å². The van der Waals surface area contributed by atoms with Crippen molar-refractivity contribution in [1.82, 2.24) is 15.0 Å². The summed E-state index contributed by atoms with van der Waals surface area (Å²) in [5.74, 6) is -0.763. The molecule has 0 saturated carbocycles. The van der Waals surface area contributed by atoms with E-state index in [1.807, 2.05) is 0 Å². The lowest BCUT2D eigenvalue weighted by atomic mass is 10.1. The van der Waals surface area contributed by atoms with Gasteiger partial charge < -0.3 is 18.7 Å². The Labute approximate surface area is 129 Å². The fourth-order valence-electron chi connectivity index (χ4n) is 3.19. The number of rotatable bonds is 2. The molecule has 0 aromatic carbocycles. The van der Waals surface area contributed by atoms with Crippen molar-refractivity contribution in [3.8, 4) is 11.7 Å². The minimum absolute atomic E-state index is 0.0328. The van der Waals surface area contributed by atoms with E-state index in [9.17, 15) is 13.2 Å². The van der Waals surface area contributed by atoms with Gasteiger partial charge in [-0.05, 0) is 30.1 Å². The lowest BCUT2D eigenvalue weighted by Gasteiger charge is -2.30. The van der Waals surface area contributed by atoms with Crippen LogP contribution in [0.1, 0.15) is 18.6 Å². The van der Waals surface area contributed by atoms with Crippen LogP contribution in [0.25, 0.3) is 11.7 Å². The van der Waals surface area contributed by atoms with E-state index < -0.39 is 11.9 Å². The van der Waals surface area contributed by atoms with Crippen LogP contribution in [0.3, 0.4) is 0 Å². The summed E-state index contributed by atoms with van der Waals surface area (Å²) in [6, 6.07) is 2.40. The van der Waals surface area contributed by atoms with Gasteiger partial charge in [-0.25, -0.2) is 0 Å². The molecule has 0 unspecified atom stereocenters. The number of furan rings is 1. The zero-order chi connectivity index (χ0) is 16.0. The maximum absolute atomic E-state index is 12.6. The highest BCUT2D eigenvalue weighted by atomic mass is 19.4. The monoisotopic (exact) mass is 328 g/mol. The Bertz CT molecular complexity index is 688. The lowest BCUT2D eigenvalue weighted by Crippen LogP contribution is -2.38. The molecule has 2 bridgehead atoms. The van der Waals surface area contributed by atoms with Crippen LogP contribution in [0.2, 0.25) is 0 Å². The van der Waals surface area contributed by atoms with Crippen molar-refractivity contribution in [2.45, 2.75) is 25.1 Å². The number of hydrogen-bond acceptors (Lipinski definition) is 6. The van der Waals surface area contributed by atoms with Gasteiger partial charge in [-0.1, -0.05) is 0 Å². The van der Waals surface area contributed by atoms with Gasteiger partial charge in [0.15, 0.2) is 5.76 Å². The Morgan fingerprint density at radius 3 is 2.57 bits per heavy atom. The summed E-state index contributed by atoms with van der Waals surface area (Å²) in [6.07, 6.45) is -2.47. The molecular formula is C14H15F3N4O2. The van der Waals surface area contributed by atoms with Crippen molar-refractivity contribution in [2.75, 3.05) is 31.1 Å². The topological polar surface area (TPSA) is 58.5 Å². The number of hydrogen-bond donors (Lipinski definition) is 0. The Morgan fingerprint density at radius 1 is 1.09 bits per heavy atom. The summed E-state index contributed by atoms with van der Waals surface area (Å²) in [4.78, 5) is 8.69. The van der Waals surface area contributed by atoms with Crippen molar-refractivity contribution < 1.29 is 22.1 Å². The third kappa shape index (κ3) is 2.69. The van der Waals surface area contributed by atoms with Gasteiger partial charge in [0, 0.05) is 32.2 Å². The number of nitrogens with zero attached hydrogens (tertiary/aromatic N) is 4. The summed E-state index contributed by atoms with van der Waals surface area (Å²) in [5.41, 5.74) is 0. The average Bonchev–Trinajstić information content (AvgIpc) is 3.10. The standard InChI is InChI=1S/C14H15F3N4O2/c15-14(16,17)11-2-1-10(22-11)12-18-13(19-23-12)21-8-7-20-5-3-9(21)4-6-20/h1-2,9H,3-8H2. The predicted octanol–water partition coefficient (Wildman–Crippen LogP) is 2.63. The predicted molar refractivity (Wildman–Crippen MR) is 73.8 cm³/mol. The number of alkyl halides is 3. The van der Waals surface area contributed by atoms with Gasteiger partial charge in [-0.15, -0.1) is 0 Å². The number of piperidine rings is 1. The second-order valence-electron chi connectivity index (χ2n) is 5.83. The Kier molecular flexibility index (Phi) is 3.33. The van der Waals surface area contributed by atoms with Gasteiger partial charge in [-0.3, -0.25) is 0 Å². The van der Waals surface area contributed by atoms with E-state index in [0.717, 1.165) is 45.1 Å². The summed E-state index contributed by atoms with van der Waals surface area (Å²) in [5, 5.41) is 3.93. The Hall–Kier alpha value is -2.03. The third-order valence-corrected chi connectivity index (χ3v) is 4.42. The molecule has 0 aliphatic carbocycles. The van der Waals surface area contributed by atoms with Crippen LogP contribution < -0.4 is 4.90 Å². The molecule has 0 radical (unpaired) electrons. The van der Waals surface area contributed by atoms with E-state index in [2.05, 4.69) is 19.9 Å². The van der Waals surface area contributed by atoms with Gasteiger partial charge in [0.25, 0.3) is 11.8 Å². The molecule has 3 aliphatic rings. The van der Waals surface area contributed by atoms with E-state index >= 15 is 0 Å². The molecule has 23 heavy (non-hydrogen) atoms. The fraction of sp³-hybridized carbons (Fsp3) is 0.571. The maximum atomic E-state index is 12.6. The largest absolute Gasteiger partial charge is 0.449 e. The van der Waals surface area contributed by atoms with E-state index in [-0.39, 0.29) is 11.7 Å². The zero-order valence-electron chi connectivity index (χ0n) is 12.2. The number of halogens is 3. The third-order valence-electron chi connectivity index (χ3n) is 4.42. The van der Waals surface area contributed by atoms with Crippen LogP contribution >= 0.6 is 0 Å². The highest BCUT2D eigenvalue weighted by Crippen LogP contribution is 2.34. The highest BCUT2D eigenvalue weighted by molar-refractivity contribution is 5.48. The van der Waals surface area contributed by atoms with Crippen LogP contribution in [0.4, 0.5) is 19.1 Å². The molecule has 5 rings (SSSR count). The average molecular weight is 328 g/mol. The number of aromatic nitrogens is 2. The number of anilines is 1. The van der Waals surface area contributed by atoms with Crippen molar-refractivity contribution in [2.24, 2.45) is 0 Å². The molecule has 2 aromatic heterocycles. The molecule has 6 nitrogen and oxygen atoms in total. The van der Waals surface area contributed by atoms with Gasteiger partial charge in [0.2, 0.25) is 5.76 Å². The lowest BCUT2D eigenvalue weighted by molar-refractivity contribution is -0.152. The molecule has 124 valence electrons. The van der Waals surface area contributed by atoms with Gasteiger partial charge >= 0.3 is 6.18 Å². The van der Waals surface area contributed by atoms with E-state index in [1.54, 1.807) is 0 Å². The minimum atomic E-state index is -4.53. The van der Waals surface area contributed by atoms with Crippen molar-refractivity contribution in [3.05, 3.63) is 17.9 Å². The molecule has 0 spiro atoms. The van der Waals surface area contributed by atoms with Gasteiger partial charge in [0.05, 0.1) is 0 Å². The molecule has 2 aromatic rings. The smallest absolute Gasteiger partial charge is 0.446 e. The van der Waals surface area contributed by atoms with E-state index in [4.69, 9.17) is 8.94 Å². The molecule has 0 amide bonds. The van der Waals surface area contributed by atoms with Crippen LogP contribution in [-0.2, 0) is 6.18 Å². The molecular weight excluding hydrogens is 313 g/mol. The maximum Gasteiger partial charge on any atom is 0.449 e. The summed E-state index contributed by atoms with van der Waals surface area (Å²) in [7, 11) is 0. The van der Waals surface area contributed by atoms with E-state index in [0.29, 0.717) is 12.0 Å². The first-order chi connectivity index (χ1) is 11.0. The summed E-state index contributed by atoms with van der Waals surface area (Å²) < 4.78 is 47.6. The SMILES string of the molecule is FC(F)(F)c1ccc(-c2nc(N3CCN4CCC3CC4)no2)o1. The van der Waals surface area contributed by atoms with Crippen LogP contribution in [0, 0.1) is 0 Å². The molecule has 3 fully saturated rings. The molecule has 0 N–H and O–H groups in total. The molecule has 3 aliphatic heterocycles. The Balaban J connectivity index is 1.58. The normalized spacial score (nSPS) is 24.9. The first-order valence-electron chi connectivity index (χ1n) is 7.51. The zero-order valence-corrected chi connectivity index (χ0v) is 12.2. The van der Waals surface area contributed by atoms with Crippen LogP contribution in [0.15, 0.2) is 21.1 Å². The summed E-state index contributed by atoms with van der Waals surface area (Å²) in [6.45, 7) is 3.83. The molecule has 9 heteroatoms. The molecule has 0 atom stereocenters. The second-order valence-corrected chi connectivity index (χ2v) is 5.83. The second kappa shape index (κ2) is 5.26.